The fourth-order valence-corrected chi connectivity index (χ4v) is 2.53. The van der Waals surface area contributed by atoms with Gasteiger partial charge in [0.15, 0.2) is 0 Å². The molecule has 0 unspecified atom stereocenters. The van der Waals surface area contributed by atoms with Crippen LogP contribution < -0.4 is 5.11 Å². The molecule has 3 heterocycles. The lowest BCUT2D eigenvalue weighted by Crippen LogP contribution is -2.27. The second-order valence-corrected chi connectivity index (χ2v) is 5.22. The van der Waals surface area contributed by atoms with Gasteiger partial charge in [0.25, 0.3) is 0 Å². The van der Waals surface area contributed by atoms with E-state index in [1.54, 1.807) is 36.8 Å². The topological polar surface area (TPSA) is 99.1 Å². The molecule has 23 heavy (non-hydrogen) atoms. The predicted octanol–water partition coefficient (Wildman–Crippen LogP) is 1.47. The Hall–Kier alpha value is -2.83. The van der Waals surface area contributed by atoms with Crippen LogP contribution in [0, 0.1) is 0 Å². The van der Waals surface area contributed by atoms with Crippen molar-refractivity contribution in [2.75, 3.05) is 0 Å². The van der Waals surface area contributed by atoms with Crippen LogP contribution in [-0.2, 0) is 9.59 Å². The van der Waals surface area contributed by atoms with Crippen molar-refractivity contribution >= 4 is 17.6 Å². The summed E-state index contributed by atoms with van der Waals surface area (Å²) in [5.74, 6) is -0.189. The van der Waals surface area contributed by atoms with Gasteiger partial charge in [0, 0.05) is 18.8 Å². The van der Waals surface area contributed by atoms with E-state index in [1.807, 2.05) is 0 Å². The average Bonchev–Trinajstić information content (AvgIpc) is 3.26. The summed E-state index contributed by atoms with van der Waals surface area (Å²) in [6.45, 7) is 0. The Labute approximate surface area is 132 Å². The molecule has 7 nitrogen and oxygen atoms in total. The number of furan rings is 2. The zero-order valence-electron chi connectivity index (χ0n) is 12.3. The van der Waals surface area contributed by atoms with Gasteiger partial charge in [-0.2, -0.15) is 5.10 Å². The number of rotatable bonds is 6. The van der Waals surface area contributed by atoms with Gasteiger partial charge in [0.2, 0.25) is 5.91 Å². The number of hydrogen-bond acceptors (Lipinski definition) is 6. The van der Waals surface area contributed by atoms with Crippen molar-refractivity contribution in [2.24, 2.45) is 5.10 Å². The third-order valence-electron chi connectivity index (χ3n) is 3.61. The summed E-state index contributed by atoms with van der Waals surface area (Å²) < 4.78 is 10.7. The first-order valence-electron chi connectivity index (χ1n) is 7.32. The molecule has 2 aromatic rings. The maximum atomic E-state index is 12.4. The van der Waals surface area contributed by atoms with Crippen molar-refractivity contribution in [3.63, 3.8) is 0 Å². The summed E-state index contributed by atoms with van der Waals surface area (Å²) in [5.41, 5.74) is 0.657. The molecule has 1 atom stereocenters. The Morgan fingerprint density at radius 3 is 2.65 bits per heavy atom. The van der Waals surface area contributed by atoms with E-state index in [1.165, 1.54) is 5.01 Å². The predicted molar refractivity (Wildman–Crippen MR) is 77.0 cm³/mol. The van der Waals surface area contributed by atoms with Crippen molar-refractivity contribution in [1.29, 1.82) is 0 Å². The first kappa shape index (κ1) is 15.1. The maximum Gasteiger partial charge on any atom is 0.243 e. The van der Waals surface area contributed by atoms with Crippen LogP contribution in [0.3, 0.4) is 0 Å². The van der Waals surface area contributed by atoms with Crippen LogP contribution in [0.4, 0.5) is 0 Å². The van der Waals surface area contributed by atoms with Crippen LogP contribution in [0.15, 0.2) is 50.7 Å². The lowest BCUT2D eigenvalue weighted by molar-refractivity contribution is -0.305. The molecule has 0 spiro atoms. The highest BCUT2D eigenvalue weighted by Gasteiger charge is 2.35. The lowest BCUT2D eigenvalue weighted by Gasteiger charge is -2.19. The molecule has 0 aliphatic carbocycles. The summed E-state index contributed by atoms with van der Waals surface area (Å²) in [5, 5.41) is 16.2. The molecule has 1 aliphatic heterocycles. The number of carbonyl (C=O) groups excluding carboxylic acids is 2. The van der Waals surface area contributed by atoms with Crippen LogP contribution in [0.25, 0.3) is 0 Å². The molecule has 120 valence electrons. The third-order valence-corrected chi connectivity index (χ3v) is 3.61. The highest BCUT2D eigenvalue weighted by Crippen LogP contribution is 2.33. The van der Waals surface area contributed by atoms with E-state index in [0.717, 1.165) is 0 Å². The summed E-state index contributed by atoms with van der Waals surface area (Å²) in [4.78, 5) is 22.9. The van der Waals surface area contributed by atoms with Gasteiger partial charge in [0.1, 0.15) is 23.3 Å². The standard InChI is InChI=1S/C16H16N2O5/c19-15(6-1-7-16(20)21)18-12(14-5-3-9-23-14)10-11(17-18)13-4-2-8-22-13/h2-5,8-9,12H,1,6-7,10H2,(H,20,21)/p-1/t12-/m1/s1. The van der Waals surface area contributed by atoms with E-state index in [9.17, 15) is 14.7 Å². The number of hydrazone groups is 1. The summed E-state index contributed by atoms with van der Waals surface area (Å²) in [6, 6.07) is 6.72. The zero-order valence-corrected chi connectivity index (χ0v) is 12.3. The van der Waals surface area contributed by atoms with Crippen molar-refractivity contribution < 1.29 is 23.5 Å². The second-order valence-electron chi connectivity index (χ2n) is 5.22. The van der Waals surface area contributed by atoms with E-state index in [2.05, 4.69) is 5.10 Å². The first-order chi connectivity index (χ1) is 11.1. The molecule has 1 amide bonds. The Morgan fingerprint density at radius 2 is 2.00 bits per heavy atom. The molecule has 1 aliphatic rings. The van der Waals surface area contributed by atoms with Crippen LogP contribution >= 0.6 is 0 Å². The van der Waals surface area contributed by atoms with Crippen LogP contribution in [0.2, 0.25) is 0 Å². The van der Waals surface area contributed by atoms with Crippen LogP contribution in [0.1, 0.15) is 43.2 Å². The fraction of sp³-hybridized carbons (Fsp3) is 0.312. The number of amides is 1. The number of hydrogen-bond donors (Lipinski definition) is 0. The molecule has 0 radical (unpaired) electrons. The van der Waals surface area contributed by atoms with Gasteiger partial charge < -0.3 is 18.7 Å². The molecule has 0 saturated carbocycles. The minimum atomic E-state index is -1.17. The van der Waals surface area contributed by atoms with Crippen molar-refractivity contribution in [2.45, 2.75) is 31.7 Å². The van der Waals surface area contributed by atoms with E-state index >= 15 is 0 Å². The normalized spacial score (nSPS) is 17.3. The van der Waals surface area contributed by atoms with Crippen molar-refractivity contribution in [1.82, 2.24) is 5.01 Å². The summed E-state index contributed by atoms with van der Waals surface area (Å²) >= 11 is 0. The Kier molecular flexibility index (Phi) is 4.27. The van der Waals surface area contributed by atoms with Crippen molar-refractivity contribution in [3.8, 4) is 0 Å². The molecule has 0 N–H and O–H groups in total. The molecule has 0 bridgehead atoms. The van der Waals surface area contributed by atoms with Crippen LogP contribution in [0.5, 0.6) is 0 Å². The fourth-order valence-electron chi connectivity index (χ4n) is 2.53. The van der Waals surface area contributed by atoms with E-state index in [-0.39, 0.29) is 31.2 Å². The first-order valence-corrected chi connectivity index (χ1v) is 7.32. The van der Waals surface area contributed by atoms with E-state index < -0.39 is 5.97 Å². The molecular formula is C16H15N2O5-. The smallest absolute Gasteiger partial charge is 0.243 e. The monoisotopic (exact) mass is 315 g/mol. The Balaban J connectivity index is 1.77. The van der Waals surface area contributed by atoms with Gasteiger partial charge in [-0.15, -0.1) is 0 Å². The maximum absolute atomic E-state index is 12.4. The zero-order chi connectivity index (χ0) is 16.2. The summed E-state index contributed by atoms with van der Waals surface area (Å²) in [7, 11) is 0. The van der Waals surface area contributed by atoms with Gasteiger partial charge in [-0.1, -0.05) is 0 Å². The van der Waals surface area contributed by atoms with Gasteiger partial charge in [-0.25, -0.2) is 5.01 Å². The van der Waals surface area contributed by atoms with Gasteiger partial charge >= 0.3 is 0 Å². The Bertz CT molecular complexity index is 703. The van der Waals surface area contributed by atoms with E-state index in [4.69, 9.17) is 8.83 Å². The lowest BCUT2D eigenvalue weighted by atomic mass is 10.1. The molecule has 2 aromatic heterocycles. The highest BCUT2D eigenvalue weighted by atomic mass is 16.4. The second kappa shape index (κ2) is 6.51. The third kappa shape index (κ3) is 3.33. The quantitative estimate of drug-likeness (QED) is 0.803. The van der Waals surface area contributed by atoms with Crippen LogP contribution in [-0.4, -0.2) is 22.6 Å². The summed E-state index contributed by atoms with van der Waals surface area (Å²) in [6.07, 6.45) is 3.71. The number of carboxylic acid groups (broad SMARTS) is 1. The number of nitrogens with zero attached hydrogens (tertiary/aromatic N) is 2. The minimum absolute atomic E-state index is 0.0835. The molecule has 0 fully saturated rings. The molecule has 3 rings (SSSR count). The molecule has 0 saturated heterocycles. The molecule has 7 heteroatoms. The SMILES string of the molecule is O=C([O-])CCCC(=O)N1N=C(c2ccco2)C[C@@H]1c1ccco1. The number of aliphatic carboxylic acids is 1. The minimum Gasteiger partial charge on any atom is -0.550 e. The largest absolute Gasteiger partial charge is 0.550 e. The average molecular weight is 315 g/mol. The molecule has 0 aromatic carbocycles. The number of carbonyl (C=O) groups is 2. The van der Waals surface area contributed by atoms with Gasteiger partial charge in [0.05, 0.1) is 12.5 Å². The van der Waals surface area contributed by atoms with Gasteiger partial charge in [-0.05, 0) is 37.1 Å². The van der Waals surface area contributed by atoms with Crippen molar-refractivity contribution in [3.05, 3.63) is 48.3 Å². The molecular weight excluding hydrogens is 300 g/mol. The highest BCUT2D eigenvalue weighted by molar-refractivity contribution is 6.01. The van der Waals surface area contributed by atoms with Gasteiger partial charge in [-0.3, -0.25) is 4.79 Å². The van der Waals surface area contributed by atoms with E-state index in [0.29, 0.717) is 23.7 Å². The number of carboxylic acids is 1. The Morgan fingerprint density at radius 1 is 1.22 bits per heavy atom.